The zero-order chi connectivity index (χ0) is 27.8. The monoisotopic (exact) mass is 586 g/mol. The van der Waals surface area contributed by atoms with Gasteiger partial charge in [0.05, 0.1) is 16.7 Å². The molecule has 0 fully saturated rings. The Labute approximate surface area is 230 Å². The quantitative estimate of drug-likeness (QED) is 0.0906. The van der Waals surface area contributed by atoms with Crippen LogP contribution in [0.4, 0.5) is 11.4 Å². The van der Waals surface area contributed by atoms with Crippen LogP contribution in [0.5, 0.6) is 5.75 Å². The van der Waals surface area contributed by atoms with Gasteiger partial charge in [-0.2, -0.15) is 5.10 Å². The summed E-state index contributed by atoms with van der Waals surface area (Å²) in [6.07, 6.45) is 1.31. The van der Waals surface area contributed by atoms with Crippen molar-refractivity contribution in [3.63, 3.8) is 0 Å². The van der Waals surface area contributed by atoms with E-state index in [1.807, 2.05) is 0 Å². The molecule has 4 aromatic rings. The van der Waals surface area contributed by atoms with Crippen molar-refractivity contribution in [3.05, 3.63) is 134 Å². The smallest absolute Gasteiger partial charge is 0.343 e. The van der Waals surface area contributed by atoms with Gasteiger partial charge in [0.1, 0.15) is 5.75 Å². The second-order valence-electron chi connectivity index (χ2n) is 7.97. The van der Waals surface area contributed by atoms with E-state index in [1.54, 1.807) is 66.7 Å². The molecule has 2 N–H and O–H groups in total. The van der Waals surface area contributed by atoms with E-state index < -0.39 is 16.8 Å². The first-order chi connectivity index (χ1) is 18.8. The Morgan fingerprint density at radius 1 is 0.821 bits per heavy atom. The third-order valence-electron chi connectivity index (χ3n) is 5.29. The molecule has 0 bridgehead atoms. The van der Waals surface area contributed by atoms with Crippen LogP contribution in [0.1, 0.15) is 36.6 Å². The third-order valence-corrected chi connectivity index (χ3v) is 5.82. The fourth-order valence-corrected chi connectivity index (χ4v) is 3.59. The number of esters is 1. The van der Waals surface area contributed by atoms with Gasteiger partial charge in [-0.05, 0) is 66.7 Å². The number of nitro groups is 1. The van der Waals surface area contributed by atoms with Gasteiger partial charge in [0.2, 0.25) is 0 Å². The Hall–Kier alpha value is -5.16. The van der Waals surface area contributed by atoms with Crippen molar-refractivity contribution in [1.29, 1.82) is 0 Å². The molecule has 0 atom stereocenters. The normalized spacial score (nSPS) is 10.6. The van der Waals surface area contributed by atoms with Gasteiger partial charge in [-0.1, -0.05) is 34.1 Å². The number of hydrazone groups is 1. The molecule has 4 aromatic carbocycles. The van der Waals surface area contributed by atoms with Crippen LogP contribution in [0.2, 0.25) is 0 Å². The minimum atomic E-state index is -0.711. The molecular weight excluding hydrogens is 568 g/mol. The standard InChI is InChI=1S/C28H19BrN4O6/c29-22-12-8-18(9-13-22)26(34)31-23-6-3-5-20(16-23)27(35)32-30-17-21-4-1-2-7-25(21)39-28(36)19-10-14-24(15-11-19)33(37)38/h1-17H,(H,31,34)(H,32,35). The van der Waals surface area contributed by atoms with Crippen molar-refractivity contribution in [2.45, 2.75) is 0 Å². The van der Waals surface area contributed by atoms with Crippen LogP contribution in [0.3, 0.4) is 0 Å². The second-order valence-corrected chi connectivity index (χ2v) is 8.89. The van der Waals surface area contributed by atoms with Crippen molar-refractivity contribution in [2.24, 2.45) is 5.10 Å². The van der Waals surface area contributed by atoms with E-state index in [0.717, 1.165) is 4.47 Å². The lowest BCUT2D eigenvalue weighted by atomic mass is 10.1. The summed E-state index contributed by atoms with van der Waals surface area (Å²) in [5.74, 6) is -1.38. The molecule has 0 aliphatic heterocycles. The zero-order valence-corrected chi connectivity index (χ0v) is 21.6. The molecule has 2 amide bonds. The van der Waals surface area contributed by atoms with Gasteiger partial charge in [0.25, 0.3) is 17.5 Å². The van der Waals surface area contributed by atoms with Crippen molar-refractivity contribution in [1.82, 2.24) is 5.43 Å². The molecule has 39 heavy (non-hydrogen) atoms. The Balaban J connectivity index is 1.39. The van der Waals surface area contributed by atoms with E-state index in [4.69, 9.17) is 4.74 Å². The van der Waals surface area contributed by atoms with E-state index in [2.05, 4.69) is 31.8 Å². The van der Waals surface area contributed by atoms with Gasteiger partial charge in [0.15, 0.2) is 0 Å². The number of benzene rings is 4. The molecule has 0 saturated heterocycles. The van der Waals surface area contributed by atoms with E-state index in [1.165, 1.54) is 36.5 Å². The number of hydrogen-bond donors (Lipinski definition) is 2. The molecule has 4 rings (SSSR count). The highest BCUT2D eigenvalue weighted by atomic mass is 79.9. The number of rotatable bonds is 8. The zero-order valence-electron chi connectivity index (χ0n) is 20.0. The maximum absolute atomic E-state index is 12.6. The van der Waals surface area contributed by atoms with Crippen molar-refractivity contribution in [3.8, 4) is 5.75 Å². The number of para-hydroxylation sites is 1. The number of amides is 2. The Bertz CT molecular complexity index is 1570. The van der Waals surface area contributed by atoms with E-state index in [0.29, 0.717) is 16.8 Å². The molecule has 0 aliphatic carbocycles. The van der Waals surface area contributed by atoms with Crippen molar-refractivity contribution < 1.29 is 24.0 Å². The summed E-state index contributed by atoms with van der Waals surface area (Å²) >= 11 is 3.32. The first kappa shape index (κ1) is 26.9. The minimum Gasteiger partial charge on any atom is -0.422 e. The number of carbonyl (C=O) groups is 3. The highest BCUT2D eigenvalue weighted by molar-refractivity contribution is 9.10. The molecule has 194 valence electrons. The van der Waals surface area contributed by atoms with Crippen LogP contribution in [0.25, 0.3) is 0 Å². The van der Waals surface area contributed by atoms with Gasteiger partial charge in [-0.15, -0.1) is 0 Å². The molecule has 0 saturated carbocycles. The molecule has 0 aliphatic rings. The fraction of sp³-hybridized carbons (Fsp3) is 0. The molecule has 0 heterocycles. The van der Waals surface area contributed by atoms with E-state index >= 15 is 0 Å². The third kappa shape index (κ3) is 7.21. The van der Waals surface area contributed by atoms with Crippen molar-refractivity contribution in [2.75, 3.05) is 5.32 Å². The molecule has 0 spiro atoms. The summed E-state index contributed by atoms with van der Waals surface area (Å²) in [4.78, 5) is 47.8. The van der Waals surface area contributed by atoms with Gasteiger partial charge in [-0.3, -0.25) is 19.7 Å². The predicted molar refractivity (Wildman–Crippen MR) is 148 cm³/mol. The highest BCUT2D eigenvalue weighted by Crippen LogP contribution is 2.19. The first-order valence-electron chi connectivity index (χ1n) is 11.4. The largest absolute Gasteiger partial charge is 0.422 e. The minimum absolute atomic E-state index is 0.132. The van der Waals surface area contributed by atoms with Crippen molar-refractivity contribution >= 4 is 51.3 Å². The molecule has 0 radical (unpaired) electrons. The summed E-state index contributed by atoms with van der Waals surface area (Å²) in [7, 11) is 0. The topological polar surface area (TPSA) is 140 Å². The van der Waals surface area contributed by atoms with Gasteiger partial charge >= 0.3 is 5.97 Å². The summed E-state index contributed by atoms with van der Waals surface area (Å²) in [5.41, 5.74) is 3.96. The lowest BCUT2D eigenvalue weighted by molar-refractivity contribution is -0.384. The summed E-state index contributed by atoms with van der Waals surface area (Å²) in [6, 6.07) is 24.8. The fourth-order valence-electron chi connectivity index (χ4n) is 3.33. The van der Waals surface area contributed by atoms with Gasteiger partial charge in [-0.25, -0.2) is 10.2 Å². The van der Waals surface area contributed by atoms with Gasteiger partial charge < -0.3 is 10.1 Å². The number of nitro benzene ring substituents is 1. The van der Waals surface area contributed by atoms with Crippen LogP contribution >= 0.6 is 15.9 Å². The Kier molecular flexibility index (Phi) is 8.54. The Morgan fingerprint density at radius 3 is 2.23 bits per heavy atom. The molecule has 11 heteroatoms. The van der Waals surface area contributed by atoms with Crippen LogP contribution < -0.4 is 15.5 Å². The molecule has 0 unspecified atom stereocenters. The van der Waals surface area contributed by atoms with Crippen LogP contribution in [-0.2, 0) is 0 Å². The summed E-state index contributed by atoms with van der Waals surface area (Å²) in [5, 5.41) is 17.5. The number of carbonyl (C=O) groups excluding carboxylic acids is 3. The van der Waals surface area contributed by atoms with Crippen LogP contribution in [-0.4, -0.2) is 28.9 Å². The molecular formula is C28H19BrN4O6. The maximum atomic E-state index is 12.6. The summed E-state index contributed by atoms with van der Waals surface area (Å²) in [6.45, 7) is 0. The van der Waals surface area contributed by atoms with Gasteiger partial charge in [0, 0.05) is 39.0 Å². The predicted octanol–water partition coefficient (Wildman–Crippen LogP) is 5.59. The SMILES string of the molecule is O=C(NN=Cc1ccccc1OC(=O)c1ccc([N+](=O)[O-])cc1)c1cccc(NC(=O)c2ccc(Br)cc2)c1. The lowest BCUT2D eigenvalue weighted by Crippen LogP contribution is -2.18. The molecule has 0 aromatic heterocycles. The number of anilines is 1. The summed E-state index contributed by atoms with van der Waals surface area (Å²) < 4.78 is 6.26. The molecule has 10 nitrogen and oxygen atoms in total. The number of non-ortho nitro benzene ring substituents is 1. The Morgan fingerprint density at radius 2 is 1.51 bits per heavy atom. The average Bonchev–Trinajstić information content (AvgIpc) is 2.94. The second kappa shape index (κ2) is 12.4. The highest BCUT2D eigenvalue weighted by Gasteiger charge is 2.14. The number of nitrogens with one attached hydrogen (secondary N) is 2. The number of nitrogens with zero attached hydrogens (tertiary/aromatic N) is 2. The number of ether oxygens (including phenoxy) is 1. The van der Waals surface area contributed by atoms with E-state index in [9.17, 15) is 24.5 Å². The number of hydrogen-bond acceptors (Lipinski definition) is 7. The average molecular weight is 587 g/mol. The first-order valence-corrected chi connectivity index (χ1v) is 12.2. The maximum Gasteiger partial charge on any atom is 0.343 e. The van der Waals surface area contributed by atoms with Crippen LogP contribution in [0, 0.1) is 10.1 Å². The van der Waals surface area contributed by atoms with Crippen LogP contribution in [0.15, 0.2) is 107 Å². The number of halogens is 1. The lowest BCUT2D eigenvalue weighted by Gasteiger charge is -2.08. The van der Waals surface area contributed by atoms with E-state index in [-0.39, 0.29) is 28.5 Å².